The highest BCUT2D eigenvalue weighted by Gasteiger charge is 2.18. The first-order valence-corrected chi connectivity index (χ1v) is 7.99. The van der Waals surface area contributed by atoms with Crippen molar-refractivity contribution in [2.24, 2.45) is 0 Å². The van der Waals surface area contributed by atoms with Gasteiger partial charge in [-0.05, 0) is 38.1 Å². The van der Waals surface area contributed by atoms with Crippen molar-refractivity contribution in [1.29, 1.82) is 0 Å². The van der Waals surface area contributed by atoms with Crippen molar-refractivity contribution in [2.75, 3.05) is 31.7 Å². The second-order valence-corrected chi connectivity index (χ2v) is 5.58. The summed E-state index contributed by atoms with van der Waals surface area (Å²) < 4.78 is 19.1. The highest BCUT2D eigenvalue weighted by atomic mass is 19.1. The number of aromatic nitrogens is 3. The van der Waals surface area contributed by atoms with Crippen LogP contribution in [0.25, 0.3) is 0 Å². The Kier molecular flexibility index (Phi) is 5.37. The lowest BCUT2D eigenvalue weighted by Gasteiger charge is -2.22. The first-order valence-electron chi connectivity index (χ1n) is 7.99. The van der Waals surface area contributed by atoms with E-state index in [1.807, 2.05) is 0 Å². The van der Waals surface area contributed by atoms with E-state index in [2.05, 4.69) is 20.9 Å². The quantitative estimate of drug-likeness (QED) is 0.842. The maximum Gasteiger partial charge on any atom is 0.277 e. The lowest BCUT2D eigenvalue weighted by molar-refractivity contribution is 0.102. The molecule has 128 valence electrons. The number of hydrogen-bond acceptors (Lipinski definition) is 5. The molecule has 2 heterocycles. The van der Waals surface area contributed by atoms with E-state index in [1.165, 1.54) is 0 Å². The molecule has 0 unspecified atom stereocenters. The minimum absolute atomic E-state index is 0.0119. The molecule has 24 heavy (non-hydrogen) atoms. The van der Waals surface area contributed by atoms with Crippen LogP contribution in [-0.4, -0.2) is 47.3 Å². The van der Waals surface area contributed by atoms with Crippen LogP contribution in [0.1, 0.15) is 29.4 Å². The number of nitrogens with zero attached hydrogens (tertiary/aromatic N) is 3. The number of amides is 1. The Labute approximate surface area is 139 Å². The Bertz CT molecular complexity index is 685. The molecule has 1 aromatic carbocycles. The van der Waals surface area contributed by atoms with Crippen LogP contribution in [0, 0.1) is 0 Å². The Hall–Kier alpha value is -2.48. The summed E-state index contributed by atoms with van der Waals surface area (Å²) in [6, 6.07) is 7.09. The lowest BCUT2D eigenvalue weighted by atomic mass is 10.1. The monoisotopic (exact) mass is 333 g/mol. The summed E-state index contributed by atoms with van der Waals surface area (Å²) in [4.78, 5) is 12.3. The van der Waals surface area contributed by atoms with Gasteiger partial charge in [0, 0.05) is 11.8 Å². The topological polar surface area (TPSA) is 81.1 Å². The number of anilines is 1. The number of alkyl halides is 1. The van der Waals surface area contributed by atoms with E-state index in [1.54, 1.807) is 35.1 Å². The molecule has 8 heteroatoms. The molecule has 0 radical (unpaired) electrons. The van der Waals surface area contributed by atoms with Crippen LogP contribution in [0.4, 0.5) is 10.1 Å². The summed E-state index contributed by atoms with van der Waals surface area (Å²) in [5, 5.41) is 14.1. The van der Waals surface area contributed by atoms with Crippen molar-refractivity contribution < 1.29 is 13.9 Å². The molecule has 1 aliphatic rings. The van der Waals surface area contributed by atoms with Gasteiger partial charge in [-0.1, -0.05) is 11.3 Å². The fraction of sp³-hybridized carbons (Fsp3) is 0.438. The molecular weight excluding hydrogens is 313 g/mol. The number of piperidine rings is 1. The SMILES string of the molecule is O=C(Nc1cccc(OCCF)c1)c1cn(C2CCNCC2)nn1. The molecule has 7 nitrogen and oxygen atoms in total. The fourth-order valence-electron chi connectivity index (χ4n) is 2.65. The highest BCUT2D eigenvalue weighted by molar-refractivity contribution is 6.02. The van der Waals surface area contributed by atoms with E-state index in [9.17, 15) is 9.18 Å². The van der Waals surface area contributed by atoms with Gasteiger partial charge in [0.15, 0.2) is 5.69 Å². The van der Waals surface area contributed by atoms with Crippen LogP contribution >= 0.6 is 0 Å². The number of nitrogens with one attached hydrogen (secondary N) is 2. The molecule has 1 amide bonds. The normalized spacial score (nSPS) is 15.2. The Balaban J connectivity index is 1.63. The summed E-state index contributed by atoms with van der Waals surface area (Å²) in [6.45, 7) is 1.31. The summed E-state index contributed by atoms with van der Waals surface area (Å²) >= 11 is 0. The molecule has 2 N–H and O–H groups in total. The number of rotatable bonds is 6. The predicted octanol–water partition coefficient (Wildman–Crippen LogP) is 1.80. The largest absolute Gasteiger partial charge is 0.491 e. The van der Waals surface area contributed by atoms with Crippen molar-refractivity contribution in [3.63, 3.8) is 0 Å². The smallest absolute Gasteiger partial charge is 0.277 e. The van der Waals surface area contributed by atoms with Gasteiger partial charge >= 0.3 is 0 Å². The first-order chi connectivity index (χ1) is 11.8. The highest BCUT2D eigenvalue weighted by Crippen LogP contribution is 2.19. The van der Waals surface area contributed by atoms with Gasteiger partial charge in [0.1, 0.15) is 19.0 Å². The van der Waals surface area contributed by atoms with Crippen LogP contribution in [0.2, 0.25) is 0 Å². The average molecular weight is 333 g/mol. The molecule has 1 aliphatic heterocycles. The van der Waals surface area contributed by atoms with Crippen molar-refractivity contribution in [1.82, 2.24) is 20.3 Å². The fourth-order valence-corrected chi connectivity index (χ4v) is 2.65. The summed E-state index contributed by atoms with van der Waals surface area (Å²) in [6.07, 6.45) is 3.62. The van der Waals surface area contributed by atoms with Gasteiger partial charge in [0.2, 0.25) is 0 Å². The minimum Gasteiger partial charge on any atom is -0.491 e. The van der Waals surface area contributed by atoms with Gasteiger partial charge in [-0.3, -0.25) is 4.79 Å². The zero-order valence-electron chi connectivity index (χ0n) is 13.2. The van der Waals surface area contributed by atoms with Crippen LogP contribution in [0.3, 0.4) is 0 Å². The van der Waals surface area contributed by atoms with E-state index in [-0.39, 0.29) is 24.2 Å². The second kappa shape index (κ2) is 7.87. The molecule has 0 atom stereocenters. The molecule has 0 saturated carbocycles. The minimum atomic E-state index is -0.559. The maximum absolute atomic E-state index is 12.3. The first kappa shape index (κ1) is 16.4. The molecule has 0 bridgehead atoms. The Morgan fingerprint density at radius 3 is 3.04 bits per heavy atom. The molecule has 3 rings (SSSR count). The van der Waals surface area contributed by atoms with Crippen LogP contribution < -0.4 is 15.4 Å². The standard InChI is InChI=1S/C16H20FN5O2/c17-6-9-24-14-3-1-2-12(10-14)19-16(23)15-11-22(21-20-15)13-4-7-18-8-5-13/h1-3,10-11,13,18H,4-9H2,(H,19,23). The molecule has 2 aromatic rings. The van der Waals surface area contributed by atoms with Crippen molar-refractivity contribution in [3.05, 3.63) is 36.2 Å². The zero-order chi connectivity index (χ0) is 16.8. The molecule has 0 spiro atoms. The van der Waals surface area contributed by atoms with Gasteiger partial charge < -0.3 is 15.4 Å². The van der Waals surface area contributed by atoms with E-state index in [0.29, 0.717) is 11.4 Å². The van der Waals surface area contributed by atoms with E-state index in [0.717, 1.165) is 25.9 Å². The van der Waals surface area contributed by atoms with E-state index < -0.39 is 6.67 Å². The number of carbonyl (C=O) groups is 1. The van der Waals surface area contributed by atoms with Gasteiger partial charge in [-0.25, -0.2) is 9.07 Å². The van der Waals surface area contributed by atoms with Crippen LogP contribution in [-0.2, 0) is 0 Å². The number of carbonyl (C=O) groups excluding carboxylic acids is 1. The number of benzene rings is 1. The van der Waals surface area contributed by atoms with Crippen molar-refractivity contribution >= 4 is 11.6 Å². The summed E-state index contributed by atoms with van der Waals surface area (Å²) in [7, 11) is 0. The zero-order valence-corrected chi connectivity index (χ0v) is 13.2. The summed E-state index contributed by atoms with van der Waals surface area (Å²) in [5.41, 5.74) is 0.830. The Morgan fingerprint density at radius 2 is 2.25 bits per heavy atom. The van der Waals surface area contributed by atoms with Crippen LogP contribution in [0.15, 0.2) is 30.5 Å². The predicted molar refractivity (Wildman–Crippen MR) is 87.0 cm³/mol. The van der Waals surface area contributed by atoms with Crippen LogP contribution in [0.5, 0.6) is 5.75 Å². The molecule has 1 saturated heterocycles. The average Bonchev–Trinajstić information content (AvgIpc) is 3.11. The summed E-state index contributed by atoms with van der Waals surface area (Å²) in [5.74, 6) is 0.168. The van der Waals surface area contributed by atoms with Crippen molar-refractivity contribution in [3.8, 4) is 5.75 Å². The van der Waals surface area contributed by atoms with Gasteiger partial charge in [0.05, 0.1) is 12.2 Å². The third-order valence-electron chi connectivity index (χ3n) is 3.86. The maximum atomic E-state index is 12.3. The number of ether oxygens (including phenoxy) is 1. The van der Waals surface area contributed by atoms with Crippen molar-refractivity contribution in [2.45, 2.75) is 18.9 Å². The third-order valence-corrected chi connectivity index (χ3v) is 3.86. The van der Waals surface area contributed by atoms with E-state index >= 15 is 0 Å². The van der Waals surface area contributed by atoms with Gasteiger partial charge in [-0.15, -0.1) is 5.10 Å². The molecular formula is C16H20FN5O2. The molecule has 0 aliphatic carbocycles. The Morgan fingerprint density at radius 1 is 1.42 bits per heavy atom. The number of hydrogen-bond donors (Lipinski definition) is 2. The van der Waals surface area contributed by atoms with E-state index in [4.69, 9.17) is 4.74 Å². The van der Waals surface area contributed by atoms with Gasteiger partial charge in [0.25, 0.3) is 5.91 Å². The lowest BCUT2D eigenvalue weighted by Crippen LogP contribution is -2.29. The molecule has 1 fully saturated rings. The van der Waals surface area contributed by atoms with Gasteiger partial charge in [-0.2, -0.15) is 0 Å². The molecule has 1 aromatic heterocycles. The third kappa shape index (κ3) is 4.08. The second-order valence-electron chi connectivity index (χ2n) is 5.58. The number of halogens is 1.